The molecule has 0 aromatic heterocycles. The van der Waals surface area contributed by atoms with Crippen molar-refractivity contribution in [2.24, 2.45) is 5.18 Å². The summed E-state index contributed by atoms with van der Waals surface area (Å²) >= 11 is 0. The fourth-order valence-electron chi connectivity index (χ4n) is 0.622. The first-order valence-corrected chi connectivity index (χ1v) is 2.66. The molecule has 0 unspecified atom stereocenters. The Morgan fingerprint density at radius 1 is 1.36 bits per heavy atom. The standard InChI is InChI=1S/C6H3F2NO2/c7-3-1-4(8)6(10)5(2-3)9-11/h1-2,10H. The second kappa shape index (κ2) is 2.61. The van der Waals surface area contributed by atoms with E-state index >= 15 is 0 Å². The molecule has 0 radical (unpaired) electrons. The second-order valence-corrected chi connectivity index (χ2v) is 1.85. The molecule has 0 saturated carbocycles. The molecule has 0 aliphatic heterocycles. The zero-order valence-corrected chi connectivity index (χ0v) is 5.21. The quantitative estimate of drug-likeness (QED) is 0.637. The van der Waals surface area contributed by atoms with Crippen molar-refractivity contribution in [2.75, 3.05) is 0 Å². The lowest BCUT2D eigenvalue weighted by Crippen LogP contribution is -1.80. The van der Waals surface area contributed by atoms with E-state index in [1.165, 1.54) is 0 Å². The predicted molar refractivity (Wildman–Crippen MR) is 33.5 cm³/mol. The van der Waals surface area contributed by atoms with Crippen molar-refractivity contribution >= 4 is 5.69 Å². The van der Waals surface area contributed by atoms with Gasteiger partial charge in [-0.05, 0) is 5.18 Å². The van der Waals surface area contributed by atoms with E-state index in [2.05, 4.69) is 5.18 Å². The van der Waals surface area contributed by atoms with E-state index in [4.69, 9.17) is 5.11 Å². The van der Waals surface area contributed by atoms with Crippen LogP contribution in [-0.2, 0) is 0 Å². The van der Waals surface area contributed by atoms with Crippen molar-refractivity contribution in [1.82, 2.24) is 0 Å². The molecule has 0 amide bonds. The lowest BCUT2D eigenvalue weighted by atomic mass is 10.3. The van der Waals surface area contributed by atoms with Crippen LogP contribution in [0.3, 0.4) is 0 Å². The van der Waals surface area contributed by atoms with E-state index in [-0.39, 0.29) is 0 Å². The van der Waals surface area contributed by atoms with Crippen LogP contribution in [0.15, 0.2) is 17.3 Å². The summed E-state index contributed by atoms with van der Waals surface area (Å²) in [6.07, 6.45) is 0. The summed E-state index contributed by atoms with van der Waals surface area (Å²) in [5.41, 5.74) is -0.637. The van der Waals surface area contributed by atoms with Crippen molar-refractivity contribution in [1.29, 1.82) is 0 Å². The minimum atomic E-state index is -1.19. The van der Waals surface area contributed by atoms with Crippen molar-refractivity contribution in [3.8, 4) is 5.75 Å². The summed E-state index contributed by atoms with van der Waals surface area (Å²) in [6.45, 7) is 0. The summed E-state index contributed by atoms with van der Waals surface area (Å²) in [4.78, 5) is 9.79. The molecule has 1 rings (SSSR count). The van der Waals surface area contributed by atoms with Gasteiger partial charge in [-0.15, -0.1) is 4.91 Å². The first-order valence-electron chi connectivity index (χ1n) is 2.66. The minimum Gasteiger partial charge on any atom is -0.503 e. The molecule has 0 bridgehead atoms. The third-order valence-electron chi connectivity index (χ3n) is 1.11. The number of phenols is 1. The van der Waals surface area contributed by atoms with Gasteiger partial charge >= 0.3 is 0 Å². The molecular weight excluding hydrogens is 156 g/mol. The monoisotopic (exact) mass is 159 g/mol. The first-order chi connectivity index (χ1) is 5.15. The van der Waals surface area contributed by atoms with Gasteiger partial charge < -0.3 is 5.11 Å². The number of hydrogen-bond acceptors (Lipinski definition) is 3. The topological polar surface area (TPSA) is 49.7 Å². The molecule has 0 saturated heterocycles. The fourth-order valence-corrected chi connectivity index (χ4v) is 0.622. The molecule has 1 N–H and O–H groups in total. The third kappa shape index (κ3) is 1.31. The molecule has 3 nitrogen and oxygen atoms in total. The molecule has 1 aromatic rings. The Hall–Kier alpha value is -1.52. The molecule has 0 atom stereocenters. The van der Waals surface area contributed by atoms with Crippen LogP contribution < -0.4 is 0 Å². The minimum absolute atomic E-state index is 0.462. The Labute approximate surface area is 60.3 Å². The second-order valence-electron chi connectivity index (χ2n) is 1.85. The largest absolute Gasteiger partial charge is 0.503 e. The average molecular weight is 159 g/mol. The van der Waals surface area contributed by atoms with Gasteiger partial charge in [0.1, 0.15) is 5.82 Å². The highest BCUT2D eigenvalue weighted by molar-refractivity contribution is 5.51. The van der Waals surface area contributed by atoms with Crippen LogP contribution in [0.2, 0.25) is 0 Å². The summed E-state index contributed by atoms with van der Waals surface area (Å²) < 4.78 is 24.6. The maximum absolute atomic E-state index is 12.3. The maximum atomic E-state index is 12.3. The van der Waals surface area contributed by atoms with E-state index in [0.717, 1.165) is 0 Å². The number of halogens is 2. The lowest BCUT2D eigenvalue weighted by Gasteiger charge is -1.96. The highest BCUT2D eigenvalue weighted by Crippen LogP contribution is 2.29. The molecule has 0 spiro atoms. The van der Waals surface area contributed by atoms with Crippen LogP contribution in [0, 0.1) is 16.5 Å². The van der Waals surface area contributed by atoms with Crippen molar-refractivity contribution < 1.29 is 13.9 Å². The van der Waals surface area contributed by atoms with Gasteiger partial charge in [0.15, 0.2) is 17.3 Å². The molecule has 0 aliphatic carbocycles. The van der Waals surface area contributed by atoms with Crippen LogP contribution >= 0.6 is 0 Å². The molecule has 1 aromatic carbocycles. The smallest absolute Gasteiger partial charge is 0.181 e. The lowest BCUT2D eigenvalue weighted by molar-refractivity contribution is 0.429. The van der Waals surface area contributed by atoms with Gasteiger partial charge in [-0.2, -0.15) is 0 Å². The van der Waals surface area contributed by atoms with Gasteiger partial charge in [-0.25, -0.2) is 8.78 Å². The number of aromatic hydroxyl groups is 1. The summed E-state index contributed by atoms with van der Waals surface area (Å²) in [6, 6.07) is 1.11. The normalized spacial score (nSPS) is 9.64. The average Bonchev–Trinajstić information content (AvgIpc) is 1.96. The van der Waals surface area contributed by atoms with Gasteiger partial charge in [0.25, 0.3) is 0 Å². The molecule has 0 heterocycles. The molecule has 0 aliphatic rings. The molecule has 11 heavy (non-hydrogen) atoms. The van der Waals surface area contributed by atoms with Crippen molar-refractivity contribution in [3.05, 3.63) is 28.7 Å². The van der Waals surface area contributed by atoms with Crippen LogP contribution in [0.1, 0.15) is 0 Å². The highest BCUT2D eigenvalue weighted by atomic mass is 19.1. The van der Waals surface area contributed by atoms with Gasteiger partial charge in [0.2, 0.25) is 0 Å². The Morgan fingerprint density at radius 3 is 2.55 bits per heavy atom. The number of phenolic OH excluding ortho intramolecular Hbond substituents is 1. The van der Waals surface area contributed by atoms with Crippen LogP contribution in [0.25, 0.3) is 0 Å². The number of hydrogen-bond donors (Lipinski definition) is 1. The van der Waals surface area contributed by atoms with Crippen LogP contribution in [-0.4, -0.2) is 5.11 Å². The Balaban J connectivity index is 3.35. The van der Waals surface area contributed by atoms with Gasteiger partial charge in [0.05, 0.1) is 0 Å². The summed E-state index contributed by atoms with van der Waals surface area (Å²) in [5, 5.41) is 10.9. The van der Waals surface area contributed by atoms with Gasteiger partial charge in [-0.3, -0.25) is 0 Å². The zero-order valence-electron chi connectivity index (χ0n) is 5.21. The molecular formula is C6H3F2NO2. The van der Waals surface area contributed by atoms with E-state index in [1.54, 1.807) is 0 Å². The van der Waals surface area contributed by atoms with E-state index < -0.39 is 23.1 Å². The molecule has 0 fully saturated rings. The van der Waals surface area contributed by atoms with Gasteiger partial charge in [-0.1, -0.05) is 0 Å². The molecule has 58 valence electrons. The predicted octanol–water partition coefficient (Wildman–Crippen LogP) is 2.07. The maximum Gasteiger partial charge on any atom is 0.181 e. The number of nitrogens with zero attached hydrogens (tertiary/aromatic N) is 1. The first kappa shape index (κ1) is 7.59. The zero-order chi connectivity index (χ0) is 8.43. The van der Waals surface area contributed by atoms with Crippen LogP contribution in [0.4, 0.5) is 14.5 Å². The third-order valence-corrected chi connectivity index (χ3v) is 1.11. The molecule has 5 heteroatoms. The van der Waals surface area contributed by atoms with E-state index in [1.807, 2.05) is 0 Å². The SMILES string of the molecule is O=Nc1cc(F)cc(F)c1O. The fraction of sp³-hybridized carbons (Fsp3) is 0. The van der Waals surface area contributed by atoms with E-state index in [0.29, 0.717) is 12.1 Å². The van der Waals surface area contributed by atoms with Gasteiger partial charge in [0, 0.05) is 12.1 Å². The highest BCUT2D eigenvalue weighted by Gasteiger charge is 2.09. The van der Waals surface area contributed by atoms with Crippen LogP contribution in [0.5, 0.6) is 5.75 Å². The Kier molecular flexibility index (Phi) is 1.80. The van der Waals surface area contributed by atoms with Crippen molar-refractivity contribution in [3.63, 3.8) is 0 Å². The number of rotatable bonds is 1. The Morgan fingerprint density at radius 2 is 2.00 bits per heavy atom. The van der Waals surface area contributed by atoms with E-state index in [9.17, 15) is 13.7 Å². The Bertz CT molecular complexity index is 301. The number of benzene rings is 1. The summed E-state index contributed by atoms with van der Waals surface area (Å²) in [7, 11) is 0. The number of nitroso groups, excluding NO2 is 1. The van der Waals surface area contributed by atoms with Crippen molar-refractivity contribution in [2.45, 2.75) is 0 Å². The summed E-state index contributed by atoms with van der Waals surface area (Å²) in [5.74, 6) is -3.07.